The van der Waals surface area contributed by atoms with E-state index >= 15 is 0 Å². The minimum Gasteiger partial charge on any atom is -0.493 e. The Balaban J connectivity index is 2.47. The fourth-order valence-corrected chi connectivity index (χ4v) is 1.99. The minimum absolute atomic E-state index is 0.435. The summed E-state index contributed by atoms with van der Waals surface area (Å²) < 4.78 is 5.73. The Labute approximate surface area is 101 Å². The molecule has 0 amide bonds. The van der Waals surface area contributed by atoms with Crippen LogP contribution in [0.5, 0.6) is 5.75 Å². The molecule has 0 aliphatic carbocycles. The summed E-state index contributed by atoms with van der Waals surface area (Å²) in [5.41, 5.74) is 1.94. The molecule has 2 aromatic rings. The Kier molecular flexibility index (Phi) is 3.69. The zero-order chi connectivity index (χ0) is 12.3. The van der Waals surface area contributed by atoms with Crippen LogP contribution < -0.4 is 4.74 Å². The number of aliphatic hydroxyl groups is 1. The molecule has 1 aromatic carbocycles. The van der Waals surface area contributed by atoms with E-state index in [-0.39, 0.29) is 0 Å². The fourth-order valence-electron chi connectivity index (χ4n) is 1.99. The molecule has 0 saturated carbocycles. The molecule has 0 radical (unpaired) electrons. The molecule has 1 aromatic heterocycles. The number of aliphatic hydroxyl groups excluding tert-OH is 1. The molecule has 17 heavy (non-hydrogen) atoms. The average molecular weight is 233 g/mol. The van der Waals surface area contributed by atoms with Gasteiger partial charge in [0, 0.05) is 22.7 Å². The van der Waals surface area contributed by atoms with Gasteiger partial charge in [0.1, 0.15) is 5.75 Å². The lowest BCUT2D eigenvalue weighted by Gasteiger charge is -2.10. The van der Waals surface area contributed by atoms with Crippen LogP contribution in [-0.4, -0.2) is 16.7 Å². The minimum atomic E-state index is -0.435. The molecule has 3 nitrogen and oxygen atoms in total. The van der Waals surface area contributed by atoms with Crippen LogP contribution in [0.1, 0.15) is 38.4 Å². The van der Waals surface area contributed by atoms with E-state index in [1.165, 1.54) is 0 Å². The number of hydrogen-bond donors (Lipinski definition) is 2. The Morgan fingerprint density at radius 3 is 2.88 bits per heavy atom. The van der Waals surface area contributed by atoms with Gasteiger partial charge in [-0.1, -0.05) is 19.9 Å². The molecule has 0 aliphatic rings. The summed E-state index contributed by atoms with van der Waals surface area (Å²) >= 11 is 0. The number of H-pyrrole nitrogens is 1. The first-order chi connectivity index (χ1) is 8.27. The third-order valence-electron chi connectivity index (χ3n) is 2.91. The molecule has 0 aliphatic heterocycles. The van der Waals surface area contributed by atoms with E-state index < -0.39 is 6.10 Å². The van der Waals surface area contributed by atoms with Crippen molar-refractivity contribution < 1.29 is 9.84 Å². The standard InChI is InChI=1S/C14H19NO2/c1-3-8-17-13-7-5-6-11-14(13)10(9-15-11)12(16)4-2/h5-7,9,12,15-16H,3-4,8H2,1-2H3/t12-/m0/s1. The number of nitrogens with one attached hydrogen (secondary N) is 1. The number of benzene rings is 1. The highest BCUT2D eigenvalue weighted by Crippen LogP contribution is 2.33. The van der Waals surface area contributed by atoms with Gasteiger partial charge < -0.3 is 14.8 Å². The Hall–Kier alpha value is -1.48. The maximum atomic E-state index is 9.99. The summed E-state index contributed by atoms with van der Waals surface area (Å²) in [6, 6.07) is 5.92. The van der Waals surface area contributed by atoms with Crippen molar-refractivity contribution in [3.8, 4) is 5.75 Å². The van der Waals surface area contributed by atoms with Crippen LogP contribution in [0.2, 0.25) is 0 Å². The second-order valence-corrected chi connectivity index (χ2v) is 4.20. The lowest BCUT2D eigenvalue weighted by molar-refractivity contribution is 0.175. The zero-order valence-electron chi connectivity index (χ0n) is 10.4. The highest BCUT2D eigenvalue weighted by molar-refractivity contribution is 5.89. The molecule has 2 rings (SSSR count). The van der Waals surface area contributed by atoms with Crippen LogP contribution >= 0.6 is 0 Å². The number of ether oxygens (including phenoxy) is 1. The van der Waals surface area contributed by atoms with E-state index in [2.05, 4.69) is 11.9 Å². The second-order valence-electron chi connectivity index (χ2n) is 4.20. The molecule has 2 N–H and O–H groups in total. The van der Waals surface area contributed by atoms with Crippen molar-refractivity contribution in [2.45, 2.75) is 32.8 Å². The van der Waals surface area contributed by atoms with Gasteiger partial charge in [-0.25, -0.2) is 0 Å². The van der Waals surface area contributed by atoms with Crippen molar-refractivity contribution in [2.24, 2.45) is 0 Å². The summed E-state index contributed by atoms with van der Waals surface area (Å²) in [5.74, 6) is 0.855. The van der Waals surface area contributed by atoms with E-state index in [0.29, 0.717) is 13.0 Å². The van der Waals surface area contributed by atoms with Crippen molar-refractivity contribution in [1.82, 2.24) is 4.98 Å². The highest BCUT2D eigenvalue weighted by Gasteiger charge is 2.14. The van der Waals surface area contributed by atoms with E-state index in [0.717, 1.165) is 28.6 Å². The van der Waals surface area contributed by atoms with Crippen molar-refractivity contribution in [3.05, 3.63) is 30.0 Å². The normalized spacial score (nSPS) is 12.9. The lowest BCUT2D eigenvalue weighted by atomic mass is 10.1. The Morgan fingerprint density at radius 2 is 2.18 bits per heavy atom. The van der Waals surface area contributed by atoms with Crippen LogP contribution in [0, 0.1) is 0 Å². The number of aromatic nitrogens is 1. The maximum absolute atomic E-state index is 9.99. The lowest BCUT2D eigenvalue weighted by Crippen LogP contribution is -1.98. The molecule has 0 fully saturated rings. The van der Waals surface area contributed by atoms with Gasteiger partial charge in [-0.05, 0) is 25.0 Å². The van der Waals surface area contributed by atoms with Gasteiger partial charge in [-0.15, -0.1) is 0 Å². The van der Waals surface area contributed by atoms with E-state index in [1.54, 1.807) is 0 Å². The van der Waals surface area contributed by atoms with Crippen molar-refractivity contribution in [1.29, 1.82) is 0 Å². The Morgan fingerprint density at radius 1 is 1.35 bits per heavy atom. The van der Waals surface area contributed by atoms with Gasteiger partial charge in [-0.3, -0.25) is 0 Å². The quantitative estimate of drug-likeness (QED) is 0.831. The molecule has 1 heterocycles. The SMILES string of the molecule is CCCOc1cccc2[nH]cc([C@@H](O)CC)c12. The van der Waals surface area contributed by atoms with Crippen LogP contribution in [0.3, 0.4) is 0 Å². The second kappa shape index (κ2) is 5.23. The molecular weight excluding hydrogens is 214 g/mol. The van der Waals surface area contributed by atoms with E-state index in [1.807, 2.05) is 31.3 Å². The fraction of sp³-hybridized carbons (Fsp3) is 0.429. The summed E-state index contributed by atoms with van der Waals surface area (Å²) in [7, 11) is 0. The van der Waals surface area contributed by atoms with Crippen molar-refractivity contribution in [2.75, 3.05) is 6.61 Å². The highest BCUT2D eigenvalue weighted by atomic mass is 16.5. The first-order valence-electron chi connectivity index (χ1n) is 6.18. The molecule has 92 valence electrons. The van der Waals surface area contributed by atoms with Crippen LogP contribution in [-0.2, 0) is 0 Å². The molecule has 0 spiro atoms. The molecule has 0 saturated heterocycles. The predicted octanol–water partition coefficient (Wildman–Crippen LogP) is 3.40. The smallest absolute Gasteiger partial charge is 0.129 e. The topological polar surface area (TPSA) is 45.2 Å². The van der Waals surface area contributed by atoms with Crippen LogP contribution in [0.4, 0.5) is 0 Å². The number of fused-ring (bicyclic) bond motifs is 1. The third-order valence-corrected chi connectivity index (χ3v) is 2.91. The predicted molar refractivity (Wildman–Crippen MR) is 69.3 cm³/mol. The van der Waals surface area contributed by atoms with Gasteiger partial charge in [0.2, 0.25) is 0 Å². The first kappa shape index (κ1) is 12.0. The number of hydrogen-bond acceptors (Lipinski definition) is 2. The van der Waals surface area contributed by atoms with E-state index in [4.69, 9.17) is 4.74 Å². The zero-order valence-corrected chi connectivity index (χ0v) is 10.4. The largest absolute Gasteiger partial charge is 0.493 e. The molecule has 3 heteroatoms. The van der Waals surface area contributed by atoms with Gasteiger partial charge in [0.25, 0.3) is 0 Å². The maximum Gasteiger partial charge on any atom is 0.129 e. The summed E-state index contributed by atoms with van der Waals surface area (Å²) in [6.45, 7) is 4.75. The molecular formula is C14H19NO2. The van der Waals surface area contributed by atoms with Crippen molar-refractivity contribution in [3.63, 3.8) is 0 Å². The monoisotopic (exact) mass is 233 g/mol. The first-order valence-corrected chi connectivity index (χ1v) is 6.18. The van der Waals surface area contributed by atoms with Gasteiger partial charge in [0.05, 0.1) is 12.7 Å². The van der Waals surface area contributed by atoms with Gasteiger partial charge in [-0.2, -0.15) is 0 Å². The summed E-state index contributed by atoms with van der Waals surface area (Å²) in [5, 5.41) is 11.0. The molecule has 0 bridgehead atoms. The van der Waals surface area contributed by atoms with Crippen LogP contribution in [0.25, 0.3) is 10.9 Å². The van der Waals surface area contributed by atoms with Crippen molar-refractivity contribution >= 4 is 10.9 Å². The average Bonchev–Trinajstić information content (AvgIpc) is 2.79. The molecule has 1 atom stereocenters. The van der Waals surface area contributed by atoms with E-state index in [9.17, 15) is 5.11 Å². The number of aromatic amines is 1. The van der Waals surface area contributed by atoms with Gasteiger partial charge in [0.15, 0.2) is 0 Å². The van der Waals surface area contributed by atoms with Gasteiger partial charge >= 0.3 is 0 Å². The molecule has 0 unspecified atom stereocenters. The summed E-state index contributed by atoms with van der Waals surface area (Å²) in [6.07, 6.45) is 3.12. The van der Waals surface area contributed by atoms with Crippen LogP contribution in [0.15, 0.2) is 24.4 Å². The Bertz CT molecular complexity index is 490. The third kappa shape index (κ3) is 2.29. The number of rotatable bonds is 5. The summed E-state index contributed by atoms with van der Waals surface area (Å²) in [4.78, 5) is 3.18.